The second-order valence-corrected chi connectivity index (χ2v) is 7.43. The van der Waals surface area contributed by atoms with Gasteiger partial charge >= 0.3 is 0 Å². The molecule has 8 heteroatoms. The first-order valence-electron chi connectivity index (χ1n) is 8.14. The molecule has 126 valence electrons. The van der Waals surface area contributed by atoms with E-state index in [0.717, 1.165) is 29.3 Å². The molecule has 0 saturated heterocycles. The third kappa shape index (κ3) is 3.06. The Morgan fingerprint density at radius 2 is 2.29 bits per heavy atom. The Morgan fingerprint density at radius 1 is 1.46 bits per heavy atom. The number of imidazole rings is 1. The summed E-state index contributed by atoms with van der Waals surface area (Å²) in [5.74, 6) is 1.76. The van der Waals surface area contributed by atoms with Gasteiger partial charge in [0.05, 0.1) is 12.1 Å². The molecular weight excluding hydrogens is 326 g/mol. The smallest absolute Gasteiger partial charge is 0.249 e. The highest BCUT2D eigenvalue weighted by molar-refractivity contribution is 7.15. The summed E-state index contributed by atoms with van der Waals surface area (Å²) in [6.45, 7) is 4.05. The molecule has 3 heterocycles. The van der Waals surface area contributed by atoms with Gasteiger partial charge in [0.25, 0.3) is 0 Å². The van der Waals surface area contributed by atoms with Gasteiger partial charge in [-0.25, -0.2) is 4.98 Å². The maximum absolute atomic E-state index is 12.4. The van der Waals surface area contributed by atoms with E-state index < -0.39 is 0 Å². The topological polar surface area (TPSA) is 85.3 Å². The Kier molecular flexibility index (Phi) is 3.84. The van der Waals surface area contributed by atoms with Gasteiger partial charge in [-0.05, 0) is 18.8 Å². The molecule has 3 aromatic rings. The number of hydrogen-bond donors (Lipinski definition) is 1. The highest BCUT2D eigenvalue weighted by Gasteiger charge is 2.31. The zero-order valence-corrected chi connectivity index (χ0v) is 14.4. The van der Waals surface area contributed by atoms with Crippen LogP contribution in [-0.4, -0.2) is 25.4 Å². The van der Waals surface area contributed by atoms with Crippen LogP contribution in [0.4, 0.5) is 0 Å². The van der Waals surface area contributed by atoms with Gasteiger partial charge in [0, 0.05) is 23.7 Å². The Labute approximate surface area is 143 Å². The van der Waals surface area contributed by atoms with E-state index >= 15 is 0 Å². The van der Waals surface area contributed by atoms with Crippen molar-refractivity contribution in [2.75, 3.05) is 0 Å². The number of nitrogens with one attached hydrogen (secondary N) is 1. The van der Waals surface area contributed by atoms with Crippen molar-refractivity contribution in [3.8, 4) is 0 Å². The lowest BCUT2D eigenvalue weighted by molar-refractivity contribution is -0.121. The number of thiazole rings is 1. The third-order valence-corrected chi connectivity index (χ3v) is 4.90. The van der Waals surface area contributed by atoms with E-state index in [2.05, 4.69) is 20.4 Å². The molecule has 7 nitrogen and oxygen atoms in total. The van der Waals surface area contributed by atoms with Crippen molar-refractivity contribution >= 4 is 22.2 Å². The zero-order valence-electron chi connectivity index (χ0n) is 13.6. The fourth-order valence-electron chi connectivity index (χ4n) is 2.64. The number of hydrogen-bond acceptors (Lipinski definition) is 6. The summed E-state index contributed by atoms with van der Waals surface area (Å²) in [4.78, 5) is 22.2. The Bertz CT molecular complexity index is 832. The quantitative estimate of drug-likeness (QED) is 0.742. The van der Waals surface area contributed by atoms with Crippen LogP contribution >= 0.6 is 11.3 Å². The van der Waals surface area contributed by atoms with E-state index in [1.165, 1.54) is 0 Å². The lowest BCUT2D eigenvalue weighted by atomic mass is 10.0. The predicted octanol–water partition coefficient (Wildman–Crippen LogP) is 2.71. The van der Waals surface area contributed by atoms with Crippen LogP contribution in [-0.2, 0) is 11.2 Å². The molecular formula is C16H19N5O2S. The van der Waals surface area contributed by atoms with E-state index in [4.69, 9.17) is 4.52 Å². The van der Waals surface area contributed by atoms with Gasteiger partial charge in [-0.2, -0.15) is 4.98 Å². The first-order valence-corrected chi connectivity index (χ1v) is 9.02. The molecule has 1 atom stereocenters. The summed E-state index contributed by atoms with van der Waals surface area (Å²) < 4.78 is 7.31. The summed E-state index contributed by atoms with van der Waals surface area (Å²) in [6.07, 6.45) is 6.29. The molecule has 0 aromatic carbocycles. The van der Waals surface area contributed by atoms with Crippen molar-refractivity contribution in [2.24, 2.45) is 5.92 Å². The minimum absolute atomic E-state index is 0.0920. The largest absolute Gasteiger partial charge is 0.344 e. The molecule has 1 saturated carbocycles. The Balaban J connectivity index is 1.45. The van der Waals surface area contributed by atoms with Crippen LogP contribution in [0, 0.1) is 5.92 Å². The second-order valence-electron chi connectivity index (χ2n) is 6.56. The summed E-state index contributed by atoms with van der Waals surface area (Å²) >= 11 is 1.55. The van der Waals surface area contributed by atoms with Crippen molar-refractivity contribution in [1.29, 1.82) is 0 Å². The number of fused-ring (bicyclic) bond motifs is 1. The van der Waals surface area contributed by atoms with Crippen molar-refractivity contribution in [3.05, 3.63) is 35.2 Å². The maximum atomic E-state index is 12.4. The molecule has 0 radical (unpaired) electrons. The van der Waals surface area contributed by atoms with Gasteiger partial charge in [0.2, 0.25) is 11.8 Å². The predicted molar refractivity (Wildman–Crippen MR) is 88.8 cm³/mol. The van der Waals surface area contributed by atoms with Gasteiger partial charge in [-0.1, -0.05) is 19.0 Å². The number of rotatable bonds is 6. The summed E-state index contributed by atoms with van der Waals surface area (Å²) in [7, 11) is 0. The van der Waals surface area contributed by atoms with E-state index in [1.807, 2.05) is 36.0 Å². The molecule has 1 amide bonds. The molecule has 1 aliphatic rings. The van der Waals surface area contributed by atoms with Crippen LogP contribution < -0.4 is 5.32 Å². The first-order chi connectivity index (χ1) is 11.6. The second kappa shape index (κ2) is 6.01. The van der Waals surface area contributed by atoms with Gasteiger partial charge in [-0.3, -0.25) is 9.20 Å². The zero-order chi connectivity index (χ0) is 16.7. The summed E-state index contributed by atoms with van der Waals surface area (Å²) in [5.41, 5.74) is 0.756. The van der Waals surface area contributed by atoms with Crippen molar-refractivity contribution in [2.45, 2.75) is 45.1 Å². The van der Waals surface area contributed by atoms with Crippen molar-refractivity contribution < 1.29 is 9.32 Å². The number of carbonyl (C=O) groups is 1. The number of carbonyl (C=O) groups excluding carboxylic acids is 1. The molecule has 1 N–H and O–H groups in total. The van der Waals surface area contributed by atoms with Gasteiger partial charge in [0.15, 0.2) is 10.8 Å². The van der Waals surface area contributed by atoms with Crippen LogP contribution in [0.5, 0.6) is 0 Å². The molecule has 24 heavy (non-hydrogen) atoms. The Hall–Kier alpha value is -2.22. The standard InChI is InChI=1S/C16H19N5O2S/c1-9(2)13(15-19-14(20-23-15)10-3-4-10)18-12(22)7-11-8-21-5-6-24-16(21)17-11/h5-6,8-10,13H,3-4,7H2,1-2H3,(H,18,22). The molecule has 4 rings (SSSR count). The van der Waals surface area contributed by atoms with Crippen molar-refractivity contribution in [1.82, 2.24) is 24.8 Å². The first kappa shape index (κ1) is 15.3. The highest BCUT2D eigenvalue weighted by atomic mass is 32.1. The lowest BCUT2D eigenvalue weighted by Gasteiger charge is -2.18. The third-order valence-electron chi connectivity index (χ3n) is 4.13. The number of nitrogens with zero attached hydrogens (tertiary/aromatic N) is 4. The number of amides is 1. The summed E-state index contributed by atoms with van der Waals surface area (Å²) in [6, 6.07) is -0.277. The summed E-state index contributed by atoms with van der Waals surface area (Å²) in [5, 5.41) is 9.02. The van der Waals surface area contributed by atoms with Crippen LogP contribution in [0.3, 0.4) is 0 Å². The van der Waals surface area contributed by atoms with E-state index in [9.17, 15) is 4.79 Å². The van der Waals surface area contributed by atoms with E-state index in [-0.39, 0.29) is 24.3 Å². The van der Waals surface area contributed by atoms with Crippen LogP contribution in [0.15, 0.2) is 22.3 Å². The fraction of sp³-hybridized carbons (Fsp3) is 0.500. The lowest BCUT2D eigenvalue weighted by Crippen LogP contribution is -2.33. The average molecular weight is 345 g/mol. The molecule has 1 fully saturated rings. The van der Waals surface area contributed by atoms with Crippen LogP contribution in [0.2, 0.25) is 0 Å². The minimum atomic E-state index is -0.277. The molecule has 3 aromatic heterocycles. The van der Waals surface area contributed by atoms with Gasteiger partial charge < -0.3 is 9.84 Å². The number of aromatic nitrogens is 4. The van der Waals surface area contributed by atoms with Gasteiger partial charge in [-0.15, -0.1) is 11.3 Å². The Morgan fingerprint density at radius 3 is 3.00 bits per heavy atom. The van der Waals surface area contributed by atoms with E-state index in [1.54, 1.807) is 11.3 Å². The molecule has 0 aliphatic heterocycles. The maximum Gasteiger partial charge on any atom is 0.249 e. The fourth-order valence-corrected chi connectivity index (χ4v) is 3.36. The van der Waals surface area contributed by atoms with Crippen LogP contribution in [0.1, 0.15) is 56.1 Å². The molecule has 0 spiro atoms. The molecule has 1 aliphatic carbocycles. The van der Waals surface area contributed by atoms with E-state index in [0.29, 0.717) is 11.8 Å². The van der Waals surface area contributed by atoms with Gasteiger partial charge in [0.1, 0.15) is 6.04 Å². The monoisotopic (exact) mass is 345 g/mol. The average Bonchev–Trinajstić information content (AvgIpc) is 2.93. The SMILES string of the molecule is CC(C)C(NC(=O)Cc1cn2ccsc2n1)c1nc(C2CC2)no1. The van der Waals surface area contributed by atoms with Crippen molar-refractivity contribution in [3.63, 3.8) is 0 Å². The van der Waals surface area contributed by atoms with Crippen LogP contribution in [0.25, 0.3) is 4.96 Å². The molecule has 1 unspecified atom stereocenters. The highest BCUT2D eigenvalue weighted by Crippen LogP contribution is 2.38. The molecule has 0 bridgehead atoms. The normalized spacial score (nSPS) is 16.0. The minimum Gasteiger partial charge on any atom is -0.344 e.